The van der Waals surface area contributed by atoms with E-state index in [9.17, 15) is 4.79 Å². The molecule has 88 valence electrons. The fourth-order valence-corrected chi connectivity index (χ4v) is 1.83. The number of rotatable bonds is 5. The van der Waals surface area contributed by atoms with E-state index in [-0.39, 0.29) is 0 Å². The number of ether oxygens (including phenoxy) is 1. The zero-order valence-electron chi connectivity index (χ0n) is 9.77. The van der Waals surface area contributed by atoms with Gasteiger partial charge in [-0.05, 0) is 18.8 Å². The van der Waals surface area contributed by atoms with E-state index in [2.05, 4.69) is 15.0 Å². The lowest BCUT2D eigenvalue weighted by atomic mass is 10.2. The lowest BCUT2D eigenvalue weighted by Crippen LogP contribution is -2.09. The maximum Gasteiger partial charge on any atom is 0.360 e. The molecule has 1 aromatic heterocycles. The molecule has 1 heterocycles. The van der Waals surface area contributed by atoms with Crippen LogP contribution in [0.2, 0.25) is 0 Å². The first kappa shape index (κ1) is 11.1. The Hall–Kier alpha value is -1.39. The molecule has 0 unspecified atom stereocenters. The molecule has 5 heteroatoms. The van der Waals surface area contributed by atoms with Gasteiger partial charge in [0.05, 0.1) is 12.8 Å². The summed E-state index contributed by atoms with van der Waals surface area (Å²) in [5.41, 5.74) is 1.24. The number of aryl methyl sites for hydroxylation is 1. The third kappa shape index (κ3) is 2.23. The summed E-state index contributed by atoms with van der Waals surface area (Å²) in [6, 6.07) is 0. The van der Waals surface area contributed by atoms with Gasteiger partial charge >= 0.3 is 5.97 Å². The number of hydrogen-bond acceptors (Lipinski definition) is 4. The number of hydrogen-bond donors (Lipinski definition) is 0. The Labute approximate surface area is 94.8 Å². The number of aromatic nitrogens is 3. The van der Waals surface area contributed by atoms with E-state index < -0.39 is 5.97 Å². The number of esters is 1. The minimum Gasteiger partial charge on any atom is -0.464 e. The molecular formula is C11H17N3O2. The maximum absolute atomic E-state index is 11.4. The highest BCUT2D eigenvalue weighted by Crippen LogP contribution is 2.32. The molecule has 0 bridgehead atoms. The van der Waals surface area contributed by atoms with Crippen molar-refractivity contribution in [2.45, 2.75) is 39.2 Å². The fraction of sp³-hybridized carbons (Fsp3) is 0.727. The Kier molecular flexibility index (Phi) is 3.22. The van der Waals surface area contributed by atoms with Gasteiger partial charge in [-0.25, -0.2) is 9.48 Å². The van der Waals surface area contributed by atoms with Crippen molar-refractivity contribution < 1.29 is 9.53 Å². The third-order valence-corrected chi connectivity index (χ3v) is 3.00. The van der Waals surface area contributed by atoms with Crippen LogP contribution in [0.1, 0.15) is 42.4 Å². The van der Waals surface area contributed by atoms with Crippen molar-refractivity contribution in [1.82, 2.24) is 15.0 Å². The number of nitrogens with zero attached hydrogens (tertiary/aromatic N) is 3. The van der Waals surface area contributed by atoms with Gasteiger partial charge in [0.15, 0.2) is 5.69 Å². The molecule has 0 N–H and O–H groups in total. The van der Waals surface area contributed by atoms with Gasteiger partial charge in [0.1, 0.15) is 0 Å². The summed E-state index contributed by atoms with van der Waals surface area (Å²) in [5, 5.41) is 7.92. The summed E-state index contributed by atoms with van der Waals surface area (Å²) in [4.78, 5) is 11.4. The molecule has 1 aromatic rings. The van der Waals surface area contributed by atoms with Crippen LogP contribution in [0.3, 0.4) is 0 Å². The highest BCUT2D eigenvalue weighted by Gasteiger charge is 2.23. The molecule has 0 radical (unpaired) electrons. The lowest BCUT2D eigenvalue weighted by Gasteiger charge is -2.04. The summed E-state index contributed by atoms with van der Waals surface area (Å²) < 4.78 is 6.51. The normalized spacial score (nSPS) is 15.1. The van der Waals surface area contributed by atoms with Crippen LogP contribution < -0.4 is 0 Å². The molecule has 0 saturated heterocycles. The van der Waals surface area contributed by atoms with Crippen LogP contribution in [0, 0.1) is 5.92 Å². The van der Waals surface area contributed by atoms with Gasteiger partial charge < -0.3 is 4.74 Å². The number of methoxy groups -OCH3 is 1. The predicted molar refractivity (Wildman–Crippen MR) is 58.1 cm³/mol. The molecular weight excluding hydrogens is 206 g/mol. The molecule has 5 nitrogen and oxygen atoms in total. The molecule has 0 amide bonds. The van der Waals surface area contributed by atoms with Gasteiger partial charge in [-0.3, -0.25) is 0 Å². The molecule has 1 saturated carbocycles. The first-order valence-corrected chi connectivity index (χ1v) is 5.77. The summed E-state index contributed by atoms with van der Waals surface area (Å²) >= 11 is 0. The second kappa shape index (κ2) is 4.63. The van der Waals surface area contributed by atoms with Crippen molar-refractivity contribution in [2.24, 2.45) is 5.92 Å². The van der Waals surface area contributed by atoms with Gasteiger partial charge in [0, 0.05) is 6.54 Å². The third-order valence-electron chi connectivity index (χ3n) is 3.00. The minimum atomic E-state index is -0.394. The second-order valence-corrected chi connectivity index (χ2v) is 4.19. The van der Waals surface area contributed by atoms with Crippen LogP contribution in [0.5, 0.6) is 0 Å². The van der Waals surface area contributed by atoms with E-state index in [0.29, 0.717) is 5.69 Å². The van der Waals surface area contributed by atoms with E-state index in [0.717, 1.165) is 31.0 Å². The highest BCUT2D eigenvalue weighted by atomic mass is 16.5. The fourth-order valence-electron chi connectivity index (χ4n) is 1.83. The number of carbonyl (C=O) groups is 1. The SMILES string of the molecule is CCc1c(C(=O)OC)nnn1CCC1CC1. The number of carbonyl (C=O) groups excluding carboxylic acids is 1. The Balaban J connectivity index is 2.10. The minimum absolute atomic E-state index is 0.362. The molecule has 1 aliphatic carbocycles. The molecule has 0 spiro atoms. The first-order chi connectivity index (χ1) is 7.76. The van der Waals surface area contributed by atoms with E-state index in [1.165, 1.54) is 20.0 Å². The van der Waals surface area contributed by atoms with E-state index in [4.69, 9.17) is 0 Å². The Morgan fingerprint density at radius 1 is 1.56 bits per heavy atom. The van der Waals surface area contributed by atoms with Crippen molar-refractivity contribution in [3.8, 4) is 0 Å². The smallest absolute Gasteiger partial charge is 0.360 e. The van der Waals surface area contributed by atoms with Crippen LogP contribution in [0.15, 0.2) is 0 Å². The van der Waals surface area contributed by atoms with E-state index >= 15 is 0 Å². The first-order valence-electron chi connectivity index (χ1n) is 5.77. The van der Waals surface area contributed by atoms with Crippen molar-refractivity contribution in [3.63, 3.8) is 0 Å². The Bertz CT molecular complexity index is 383. The Morgan fingerprint density at radius 2 is 2.31 bits per heavy atom. The summed E-state index contributed by atoms with van der Waals surface area (Å²) in [6.45, 7) is 2.86. The molecule has 1 fully saturated rings. The summed E-state index contributed by atoms with van der Waals surface area (Å²) in [7, 11) is 1.37. The van der Waals surface area contributed by atoms with Crippen LogP contribution in [-0.4, -0.2) is 28.1 Å². The van der Waals surface area contributed by atoms with Gasteiger partial charge in [-0.1, -0.05) is 25.0 Å². The van der Waals surface area contributed by atoms with Crippen LogP contribution >= 0.6 is 0 Å². The largest absolute Gasteiger partial charge is 0.464 e. The molecule has 0 aromatic carbocycles. The Morgan fingerprint density at radius 3 is 2.88 bits per heavy atom. The van der Waals surface area contributed by atoms with E-state index in [1.807, 2.05) is 11.6 Å². The quantitative estimate of drug-likeness (QED) is 0.708. The van der Waals surface area contributed by atoms with Crippen molar-refractivity contribution in [2.75, 3.05) is 7.11 Å². The monoisotopic (exact) mass is 223 g/mol. The standard InChI is InChI=1S/C11H17N3O2/c1-3-9-10(11(15)16-2)12-13-14(9)7-6-8-4-5-8/h8H,3-7H2,1-2H3. The van der Waals surface area contributed by atoms with Crippen LogP contribution in [0.4, 0.5) is 0 Å². The average Bonchev–Trinajstić information content (AvgIpc) is 3.04. The van der Waals surface area contributed by atoms with Crippen molar-refractivity contribution in [3.05, 3.63) is 11.4 Å². The van der Waals surface area contributed by atoms with Crippen LogP contribution in [0.25, 0.3) is 0 Å². The van der Waals surface area contributed by atoms with Gasteiger partial charge in [0.2, 0.25) is 0 Å². The predicted octanol–water partition coefficient (Wildman–Crippen LogP) is 1.43. The van der Waals surface area contributed by atoms with Gasteiger partial charge in [0.25, 0.3) is 0 Å². The second-order valence-electron chi connectivity index (χ2n) is 4.19. The average molecular weight is 223 g/mol. The van der Waals surface area contributed by atoms with E-state index in [1.54, 1.807) is 0 Å². The summed E-state index contributed by atoms with van der Waals surface area (Å²) in [5.74, 6) is 0.463. The molecule has 16 heavy (non-hydrogen) atoms. The molecule has 0 atom stereocenters. The molecule has 2 rings (SSSR count). The summed E-state index contributed by atoms with van der Waals surface area (Å²) in [6.07, 6.45) is 4.55. The van der Waals surface area contributed by atoms with Gasteiger partial charge in [-0.15, -0.1) is 5.10 Å². The highest BCUT2D eigenvalue weighted by molar-refractivity contribution is 5.88. The zero-order valence-corrected chi connectivity index (χ0v) is 9.77. The maximum atomic E-state index is 11.4. The molecule has 1 aliphatic rings. The topological polar surface area (TPSA) is 57.0 Å². The van der Waals surface area contributed by atoms with Gasteiger partial charge in [-0.2, -0.15) is 0 Å². The lowest BCUT2D eigenvalue weighted by molar-refractivity contribution is 0.0592. The van der Waals surface area contributed by atoms with Crippen molar-refractivity contribution in [1.29, 1.82) is 0 Å². The van der Waals surface area contributed by atoms with Crippen molar-refractivity contribution >= 4 is 5.97 Å². The van der Waals surface area contributed by atoms with Crippen LogP contribution in [-0.2, 0) is 17.7 Å². The molecule has 0 aliphatic heterocycles. The zero-order chi connectivity index (χ0) is 11.5.